The summed E-state index contributed by atoms with van der Waals surface area (Å²) in [5.41, 5.74) is 10.6. The van der Waals surface area contributed by atoms with Gasteiger partial charge in [-0.15, -0.1) is 0 Å². The number of unbranched alkanes of at least 4 members (excludes halogenated alkanes) is 1. The molecule has 0 saturated heterocycles. The Kier molecular flexibility index (Phi) is 8.67. The first-order chi connectivity index (χ1) is 19.3. The van der Waals surface area contributed by atoms with Crippen LogP contribution in [0.3, 0.4) is 0 Å². The number of nitrogen functional groups attached to an aromatic ring is 1. The molecule has 2 aromatic heterocycles. The number of aldehydes is 1. The molecule has 0 aliphatic carbocycles. The molecule has 0 atom stereocenters. The molecule has 4 rings (SSSR count). The molecule has 0 radical (unpaired) electrons. The first kappa shape index (κ1) is 28.1. The fraction of sp³-hybridized carbons (Fsp3) is 0.321. The van der Waals surface area contributed by atoms with Crippen molar-refractivity contribution in [3.05, 3.63) is 58.9 Å². The van der Waals surface area contributed by atoms with E-state index in [0.717, 1.165) is 30.3 Å². The van der Waals surface area contributed by atoms with Crippen LogP contribution in [0.2, 0.25) is 0 Å². The Bertz CT molecular complexity index is 1560. The summed E-state index contributed by atoms with van der Waals surface area (Å²) in [6, 6.07) is 10.1. The highest BCUT2D eigenvalue weighted by Crippen LogP contribution is 2.33. The van der Waals surface area contributed by atoms with Gasteiger partial charge >= 0.3 is 5.97 Å². The number of ether oxygens (including phenoxy) is 2. The van der Waals surface area contributed by atoms with Crippen LogP contribution in [0.1, 0.15) is 56.7 Å². The molecule has 4 aromatic rings. The van der Waals surface area contributed by atoms with Crippen molar-refractivity contribution in [1.29, 1.82) is 0 Å². The van der Waals surface area contributed by atoms with Crippen LogP contribution < -0.4 is 21.1 Å². The molecule has 4 N–H and O–H groups in total. The Morgan fingerprint density at radius 3 is 2.62 bits per heavy atom. The zero-order valence-corrected chi connectivity index (χ0v) is 23.0. The van der Waals surface area contributed by atoms with Gasteiger partial charge < -0.3 is 25.1 Å². The highest BCUT2D eigenvalue weighted by Gasteiger charge is 2.19. The van der Waals surface area contributed by atoms with E-state index < -0.39 is 5.97 Å². The molecule has 1 amide bonds. The third-order valence-corrected chi connectivity index (χ3v) is 6.45. The van der Waals surface area contributed by atoms with Gasteiger partial charge in [-0.1, -0.05) is 0 Å². The van der Waals surface area contributed by atoms with Crippen LogP contribution in [0.25, 0.3) is 11.0 Å². The van der Waals surface area contributed by atoms with Crippen LogP contribution in [-0.4, -0.2) is 58.3 Å². The predicted molar refractivity (Wildman–Crippen MR) is 152 cm³/mol. The summed E-state index contributed by atoms with van der Waals surface area (Å²) in [5.74, 6) is 0.0242. The molecule has 0 unspecified atom stereocenters. The monoisotopic (exact) mass is 547 g/mol. The molecule has 2 aromatic carbocycles. The average Bonchev–Trinajstić information content (AvgIpc) is 3.51. The lowest BCUT2D eigenvalue weighted by atomic mass is 10.1. The molecule has 12 nitrogen and oxygen atoms in total. The van der Waals surface area contributed by atoms with Crippen LogP contribution in [-0.2, 0) is 17.8 Å². The van der Waals surface area contributed by atoms with Crippen molar-refractivity contribution in [1.82, 2.24) is 19.3 Å². The van der Waals surface area contributed by atoms with Crippen molar-refractivity contribution in [3.8, 4) is 5.75 Å². The quantitative estimate of drug-likeness (QED) is 0.104. The minimum atomic E-state index is -0.499. The topological polar surface area (TPSA) is 155 Å². The Balaban J connectivity index is 1.48. The first-order valence-corrected chi connectivity index (χ1v) is 12.9. The van der Waals surface area contributed by atoms with E-state index >= 15 is 0 Å². The molecule has 0 bridgehead atoms. The first-order valence-electron chi connectivity index (χ1n) is 12.9. The summed E-state index contributed by atoms with van der Waals surface area (Å²) < 4.78 is 13.8. The lowest BCUT2D eigenvalue weighted by Crippen LogP contribution is -2.20. The van der Waals surface area contributed by atoms with E-state index in [9.17, 15) is 14.4 Å². The maximum atomic E-state index is 13.1. The number of fused-ring (bicyclic) bond motifs is 1. The van der Waals surface area contributed by atoms with Crippen molar-refractivity contribution in [3.63, 3.8) is 0 Å². The Morgan fingerprint density at radius 1 is 1.12 bits per heavy atom. The number of nitrogens with zero attached hydrogens (tertiary/aromatic N) is 4. The van der Waals surface area contributed by atoms with Gasteiger partial charge in [0.1, 0.15) is 23.4 Å². The SMILES string of the molecule is CCn1nc(C)cc1C(=O)Nc1nc2cc(C=O)ccc2n1CCCCNc1c(N)cc(C(=O)OC)cc1OC. The number of methoxy groups -OCH3 is 2. The van der Waals surface area contributed by atoms with E-state index in [2.05, 4.69) is 20.7 Å². The molecule has 0 spiro atoms. The predicted octanol–water partition coefficient (Wildman–Crippen LogP) is 3.90. The van der Waals surface area contributed by atoms with E-state index in [1.54, 1.807) is 35.0 Å². The summed E-state index contributed by atoms with van der Waals surface area (Å²) in [7, 11) is 2.81. The van der Waals surface area contributed by atoms with E-state index in [4.69, 9.17) is 15.2 Å². The van der Waals surface area contributed by atoms with Crippen LogP contribution in [0, 0.1) is 6.92 Å². The van der Waals surface area contributed by atoms with Crippen molar-refractivity contribution >= 4 is 46.5 Å². The lowest BCUT2D eigenvalue weighted by molar-refractivity contribution is 0.0600. The second kappa shape index (κ2) is 12.3. The smallest absolute Gasteiger partial charge is 0.338 e. The molecule has 0 aliphatic rings. The van der Waals surface area contributed by atoms with Gasteiger partial charge in [0.15, 0.2) is 0 Å². The summed E-state index contributed by atoms with van der Waals surface area (Å²) in [6.45, 7) is 5.46. The van der Waals surface area contributed by atoms with Gasteiger partial charge in [0.25, 0.3) is 5.91 Å². The summed E-state index contributed by atoms with van der Waals surface area (Å²) in [6.07, 6.45) is 2.26. The van der Waals surface area contributed by atoms with Crippen molar-refractivity contribution < 1.29 is 23.9 Å². The molecular weight excluding hydrogens is 514 g/mol. The van der Waals surface area contributed by atoms with Gasteiger partial charge in [-0.2, -0.15) is 5.10 Å². The standard InChI is InChI=1S/C28H33N7O5/c1-5-35-23(12-17(2)33-35)26(37)32-28-31-21-13-18(16-36)8-9-22(21)34(28)11-7-6-10-30-25-20(29)14-19(27(38)40-4)15-24(25)39-3/h8-9,12-16,30H,5-7,10-11,29H2,1-4H3,(H,31,32,37). The summed E-state index contributed by atoms with van der Waals surface area (Å²) in [4.78, 5) is 40.9. The third kappa shape index (κ3) is 5.90. The average molecular weight is 548 g/mol. The van der Waals surface area contributed by atoms with Crippen LogP contribution in [0.4, 0.5) is 17.3 Å². The minimum absolute atomic E-state index is 0.304. The van der Waals surface area contributed by atoms with E-state index in [1.165, 1.54) is 14.2 Å². The van der Waals surface area contributed by atoms with Crippen LogP contribution >= 0.6 is 0 Å². The fourth-order valence-corrected chi connectivity index (χ4v) is 4.51. The molecular formula is C28H33N7O5. The molecule has 0 saturated carbocycles. The van der Waals surface area contributed by atoms with Crippen molar-refractivity contribution in [2.45, 2.75) is 39.8 Å². The molecule has 210 valence electrons. The number of benzene rings is 2. The zero-order valence-electron chi connectivity index (χ0n) is 23.0. The number of carbonyl (C=O) groups excluding carboxylic acids is 3. The molecule has 12 heteroatoms. The molecule has 0 fully saturated rings. The van der Waals surface area contributed by atoms with E-state index in [-0.39, 0.29) is 5.91 Å². The number of aryl methyl sites for hydroxylation is 3. The summed E-state index contributed by atoms with van der Waals surface area (Å²) >= 11 is 0. The van der Waals surface area contributed by atoms with Crippen molar-refractivity contribution in [2.24, 2.45) is 0 Å². The van der Waals surface area contributed by atoms with Gasteiger partial charge in [0.2, 0.25) is 5.95 Å². The maximum Gasteiger partial charge on any atom is 0.338 e. The second-order valence-electron chi connectivity index (χ2n) is 9.16. The highest BCUT2D eigenvalue weighted by atomic mass is 16.5. The number of amides is 1. The number of esters is 1. The number of imidazole rings is 1. The van der Waals surface area contributed by atoms with Gasteiger partial charge in [-0.05, 0) is 63.1 Å². The van der Waals surface area contributed by atoms with Crippen LogP contribution in [0.15, 0.2) is 36.4 Å². The van der Waals surface area contributed by atoms with Gasteiger partial charge in [0.05, 0.1) is 42.2 Å². The van der Waals surface area contributed by atoms with Crippen LogP contribution in [0.5, 0.6) is 5.75 Å². The minimum Gasteiger partial charge on any atom is -0.494 e. The second-order valence-corrected chi connectivity index (χ2v) is 9.16. The normalized spacial score (nSPS) is 10.9. The largest absolute Gasteiger partial charge is 0.494 e. The fourth-order valence-electron chi connectivity index (χ4n) is 4.51. The van der Waals surface area contributed by atoms with Crippen molar-refractivity contribution in [2.75, 3.05) is 37.1 Å². The Labute approximate surface area is 231 Å². The van der Waals surface area contributed by atoms with Gasteiger partial charge in [-0.25, -0.2) is 9.78 Å². The third-order valence-electron chi connectivity index (χ3n) is 6.45. The van der Waals surface area contributed by atoms with Gasteiger partial charge in [-0.3, -0.25) is 19.6 Å². The molecule has 2 heterocycles. The number of nitrogens with two attached hydrogens (primary N) is 1. The molecule has 40 heavy (non-hydrogen) atoms. The number of anilines is 3. The number of rotatable bonds is 12. The van der Waals surface area contributed by atoms with E-state index in [0.29, 0.717) is 65.0 Å². The maximum absolute atomic E-state index is 13.1. The highest BCUT2D eigenvalue weighted by molar-refractivity contribution is 6.03. The zero-order chi connectivity index (χ0) is 28.8. The Hall–Kier alpha value is -4.87. The number of nitrogens with one attached hydrogen (secondary N) is 2. The molecule has 0 aliphatic heterocycles. The van der Waals surface area contributed by atoms with E-state index in [1.807, 2.05) is 24.5 Å². The Morgan fingerprint density at radius 2 is 1.93 bits per heavy atom. The number of hydrogen-bond donors (Lipinski definition) is 3. The number of aromatic nitrogens is 4. The summed E-state index contributed by atoms with van der Waals surface area (Å²) in [5, 5.41) is 10.6. The lowest BCUT2D eigenvalue weighted by Gasteiger charge is -2.15. The van der Waals surface area contributed by atoms with Gasteiger partial charge in [0, 0.05) is 25.2 Å². The number of hydrogen-bond acceptors (Lipinski definition) is 9. The number of carbonyl (C=O) groups is 3.